The molecule has 0 aliphatic carbocycles. The van der Waals surface area contributed by atoms with Crippen molar-refractivity contribution in [2.24, 2.45) is 5.41 Å². The summed E-state index contributed by atoms with van der Waals surface area (Å²) in [7, 11) is 0. The standard InChI is InChI=1S/C28H42O4/c1-7-28(8-2,23-14-15-25(20(3)17-23)32-19-24(30)18-29)22-12-9-21(10-13-22)11-16-26(31)27(4,5)6/h9-10,12-15,17,24,26,29-31H,7-8,11,16,18-19H2,1-6H3. The van der Waals surface area contributed by atoms with E-state index in [0.29, 0.717) is 0 Å². The summed E-state index contributed by atoms with van der Waals surface area (Å²) < 4.78 is 5.69. The molecule has 0 radical (unpaired) electrons. The zero-order valence-corrected chi connectivity index (χ0v) is 20.7. The van der Waals surface area contributed by atoms with Gasteiger partial charge in [-0.2, -0.15) is 0 Å². The van der Waals surface area contributed by atoms with Gasteiger partial charge in [0.2, 0.25) is 0 Å². The van der Waals surface area contributed by atoms with Crippen LogP contribution in [-0.2, 0) is 11.8 Å². The minimum absolute atomic E-state index is 0.0781. The molecule has 4 nitrogen and oxygen atoms in total. The van der Waals surface area contributed by atoms with Crippen LogP contribution in [0.2, 0.25) is 0 Å². The Balaban J connectivity index is 2.23. The summed E-state index contributed by atoms with van der Waals surface area (Å²) in [6.07, 6.45) is 2.41. The number of ether oxygens (including phenoxy) is 1. The molecule has 0 heterocycles. The first-order valence-electron chi connectivity index (χ1n) is 11.9. The van der Waals surface area contributed by atoms with Gasteiger partial charge in [-0.25, -0.2) is 0 Å². The van der Waals surface area contributed by atoms with Gasteiger partial charge < -0.3 is 20.1 Å². The van der Waals surface area contributed by atoms with E-state index < -0.39 is 6.10 Å². The number of hydrogen-bond donors (Lipinski definition) is 3. The third kappa shape index (κ3) is 6.34. The lowest BCUT2D eigenvalue weighted by atomic mass is 9.70. The van der Waals surface area contributed by atoms with Crippen LogP contribution in [0.25, 0.3) is 0 Å². The van der Waals surface area contributed by atoms with Crippen LogP contribution in [0.4, 0.5) is 0 Å². The van der Waals surface area contributed by atoms with Crippen LogP contribution in [0.15, 0.2) is 42.5 Å². The first-order valence-corrected chi connectivity index (χ1v) is 11.9. The highest BCUT2D eigenvalue weighted by Crippen LogP contribution is 2.40. The van der Waals surface area contributed by atoms with E-state index in [4.69, 9.17) is 9.84 Å². The van der Waals surface area contributed by atoms with E-state index in [0.717, 1.165) is 37.0 Å². The molecule has 178 valence electrons. The average molecular weight is 443 g/mol. The number of rotatable bonds is 11. The molecule has 0 saturated carbocycles. The Hall–Kier alpha value is -1.88. The van der Waals surface area contributed by atoms with Crippen molar-refractivity contribution < 1.29 is 20.1 Å². The first kappa shape index (κ1) is 26.4. The summed E-state index contributed by atoms with van der Waals surface area (Å²) in [4.78, 5) is 0. The van der Waals surface area contributed by atoms with Crippen molar-refractivity contribution in [1.82, 2.24) is 0 Å². The Kier molecular flexibility index (Phi) is 9.32. The Bertz CT molecular complexity index is 832. The first-order chi connectivity index (χ1) is 15.1. The smallest absolute Gasteiger partial charge is 0.122 e. The molecule has 2 unspecified atom stereocenters. The Morgan fingerprint density at radius 3 is 2.00 bits per heavy atom. The zero-order valence-electron chi connectivity index (χ0n) is 20.7. The summed E-state index contributed by atoms with van der Waals surface area (Å²) in [5.74, 6) is 0.732. The molecule has 2 rings (SSSR count). The zero-order chi connectivity index (χ0) is 23.9. The molecule has 2 aromatic carbocycles. The van der Waals surface area contributed by atoms with Crippen LogP contribution in [0, 0.1) is 12.3 Å². The van der Waals surface area contributed by atoms with E-state index in [9.17, 15) is 10.2 Å². The molecule has 0 aliphatic rings. The highest BCUT2D eigenvalue weighted by Gasteiger charge is 2.31. The molecular weight excluding hydrogens is 400 g/mol. The molecule has 3 N–H and O–H groups in total. The normalized spacial score (nSPS) is 14.3. The molecular formula is C28H42O4. The van der Waals surface area contributed by atoms with Crippen molar-refractivity contribution in [2.75, 3.05) is 13.2 Å². The van der Waals surface area contributed by atoms with E-state index in [1.165, 1.54) is 16.7 Å². The van der Waals surface area contributed by atoms with E-state index in [1.807, 2.05) is 13.0 Å². The fourth-order valence-corrected chi connectivity index (χ4v) is 4.31. The lowest BCUT2D eigenvalue weighted by molar-refractivity contribution is 0.0534. The average Bonchev–Trinajstić information content (AvgIpc) is 2.77. The van der Waals surface area contributed by atoms with E-state index in [2.05, 4.69) is 71.0 Å². The monoisotopic (exact) mass is 442 g/mol. The summed E-state index contributed by atoms with van der Waals surface area (Å²) in [6, 6.07) is 15.1. The van der Waals surface area contributed by atoms with E-state index in [1.54, 1.807) is 0 Å². The van der Waals surface area contributed by atoms with Crippen molar-refractivity contribution >= 4 is 0 Å². The molecule has 0 aliphatic heterocycles. The van der Waals surface area contributed by atoms with Gasteiger partial charge in [-0.3, -0.25) is 0 Å². The highest BCUT2D eigenvalue weighted by molar-refractivity contribution is 5.45. The second kappa shape index (κ2) is 11.3. The molecule has 4 heteroatoms. The number of aliphatic hydroxyl groups is 3. The van der Waals surface area contributed by atoms with Gasteiger partial charge in [-0.05, 0) is 66.3 Å². The second-order valence-electron chi connectivity index (χ2n) is 10.0. The molecule has 0 aromatic heterocycles. The fraction of sp³-hybridized carbons (Fsp3) is 0.571. The topological polar surface area (TPSA) is 69.9 Å². The van der Waals surface area contributed by atoms with Crippen molar-refractivity contribution in [2.45, 2.75) is 84.8 Å². The van der Waals surface area contributed by atoms with Crippen LogP contribution in [0.1, 0.15) is 76.1 Å². The maximum Gasteiger partial charge on any atom is 0.122 e. The Morgan fingerprint density at radius 1 is 0.906 bits per heavy atom. The van der Waals surface area contributed by atoms with Crippen LogP contribution in [0.5, 0.6) is 5.75 Å². The van der Waals surface area contributed by atoms with E-state index in [-0.39, 0.29) is 30.1 Å². The highest BCUT2D eigenvalue weighted by atomic mass is 16.5. The molecule has 0 saturated heterocycles. The van der Waals surface area contributed by atoms with Crippen molar-refractivity contribution in [1.29, 1.82) is 0 Å². The summed E-state index contributed by atoms with van der Waals surface area (Å²) in [6.45, 7) is 12.5. The maximum atomic E-state index is 10.4. The predicted molar refractivity (Wildman–Crippen MR) is 131 cm³/mol. The van der Waals surface area contributed by atoms with Gasteiger partial charge in [0.05, 0.1) is 12.7 Å². The predicted octanol–water partition coefficient (Wildman–Crippen LogP) is 5.17. The summed E-state index contributed by atoms with van der Waals surface area (Å²) in [5.41, 5.74) is 4.64. The van der Waals surface area contributed by atoms with Gasteiger partial charge in [0, 0.05) is 5.41 Å². The van der Waals surface area contributed by atoms with Gasteiger partial charge in [-0.1, -0.05) is 71.0 Å². The Labute approximate surface area is 194 Å². The lowest BCUT2D eigenvalue weighted by Gasteiger charge is -2.34. The van der Waals surface area contributed by atoms with Crippen LogP contribution in [0.3, 0.4) is 0 Å². The van der Waals surface area contributed by atoms with Crippen molar-refractivity contribution in [3.05, 3.63) is 64.7 Å². The minimum atomic E-state index is -0.873. The van der Waals surface area contributed by atoms with Crippen LogP contribution in [-0.4, -0.2) is 40.7 Å². The molecule has 0 bridgehead atoms. The molecule has 2 atom stereocenters. The summed E-state index contributed by atoms with van der Waals surface area (Å²) in [5, 5.41) is 28.9. The molecule has 0 amide bonds. The lowest BCUT2D eigenvalue weighted by Crippen LogP contribution is -2.27. The van der Waals surface area contributed by atoms with Gasteiger partial charge in [0.25, 0.3) is 0 Å². The molecule has 0 spiro atoms. The quantitative estimate of drug-likeness (QED) is 0.449. The maximum absolute atomic E-state index is 10.4. The van der Waals surface area contributed by atoms with Crippen LogP contribution < -0.4 is 4.74 Å². The van der Waals surface area contributed by atoms with Crippen molar-refractivity contribution in [3.8, 4) is 5.75 Å². The van der Waals surface area contributed by atoms with Crippen molar-refractivity contribution in [3.63, 3.8) is 0 Å². The third-order valence-electron chi connectivity index (χ3n) is 6.79. The number of benzene rings is 2. The number of hydrogen-bond acceptors (Lipinski definition) is 4. The molecule has 2 aromatic rings. The fourth-order valence-electron chi connectivity index (χ4n) is 4.31. The summed E-state index contributed by atoms with van der Waals surface area (Å²) >= 11 is 0. The van der Waals surface area contributed by atoms with Gasteiger partial charge >= 0.3 is 0 Å². The third-order valence-corrected chi connectivity index (χ3v) is 6.79. The van der Waals surface area contributed by atoms with Crippen LogP contribution >= 0.6 is 0 Å². The SMILES string of the molecule is CCC(CC)(c1ccc(CCC(O)C(C)(C)C)cc1)c1ccc(OCC(O)CO)c(C)c1. The number of aryl methyl sites for hydroxylation is 2. The largest absolute Gasteiger partial charge is 0.491 e. The molecule has 32 heavy (non-hydrogen) atoms. The van der Waals surface area contributed by atoms with Gasteiger partial charge in [0.15, 0.2) is 0 Å². The Morgan fingerprint density at radius 2 is 1.50 bits per heavy atom. The van der Waals surface area contributed by atoms with E-state index >= 15 is 0 Å². The molecule has 0 fully saturated rings. The minimum Gasteiger partial charge on any atom is -0.491 e. The van der Waals surface area contributed by atoms with Gasteiger partial charge in [0.1, 0.15) is 18.5 Å². The van der Waals surface area contributed by atoms with Gasteiger partial charge in [-0.15, -0.1) is 0 Å². The second-order valence-corrected chi connectivity index (χ2v) is 10.0. The number of aliphatic hydroxyl groups excluding tert-OH is 3.